The third-order valence-corrected chi connectivity index (χ3v) is 6.76. The van der Waals surface area contributed by atoms with E-state index < -0.39 is 16.8 Å². The van der Waals surface area contributed by atoms with E-state index in [0.717, 1.165) is 15.4 Å². The second kappa shape index (κ2) is 11.5. The van der Waals surface area contributed by atoms with Gasteiger partial charge in [0.25, 0.3) is 11.6 Å². The summed E-state index contributed by atoms with van der Waals surface area (Å²) in [6.07, 6.45) is 1.35. The summed E-state index contributed by atoms with van der Waals surface area (Å²) in [5.74, 6) is -1.01. The molecule has 0 saturated heterocycles. The number of nitrogens with zero attached hydrogens (tertiary/aromatic N) is 2. The van der Waals surface area contributed by atoms with Crippen LogP contribution in [0.15, 0.2) is 101 Å². The highest BCUT2D eigenvalue weighted by atomic mass is 79.9. The van der Waals surface area contributed by atoms with Gasteiger partial charge in [-0.2, -0.15) is 5.10 Å². The lowest BCUT2D eigenvalue weighted by atomic mass is 10.0. The molecule has 198 valence electrons. The van der Waals surface area contributed by atoms with E-state index in [2.05, 4.69) is 31.4 Å². The maximum atomic E-state index is 13.3. The van der Waals surface area contributed by atoms with Crippen molar-refractivity contribution < 1.29 is 19.2 Å². The third kappa shape index (κ3) is 5.63. The molecule has 40 heavy (non-hydrogen) atoms. The lowest BCUT2D eigenvalue weighted by Gasteiger charge is -2.08. The Bertz CT molecular complexity index is 1800. The van der Waals surface area contributed by atoms with Gasteiger partial charge in [0.05, 0.1) is 16.7 Å². The van der Waals surface area contributed by atoms with Gasteiger partial charge in [-0.25, -0.2) is 10.2 Å². The largest absolute Gasteiger partial charge is 0.422 e. The van der Waals surface area contributed by atoms with E-state index in [1.54, 1.807) is 30.3 Å². The van der Waals surface area contributed by atoms with E-state index in [9.17, 15) is 19.7 Å². The zero-order valence-corrected chi connectivity index (χ0v) is 22.8. The fraction of sp³-hybridized carbons (Fsp3) is 0. The number of benzene rings is 4. The normalized spacial score (nSPS) is 11.1. The number of rotatable bonds is 7. The number of hydrogen-bond acceptors (Lipinski definition) is 6. The van der Waals surface area contributed by atoms with Crippen LogP contribution in [0.5, 0.6) is 5.75 Å². The molecule has 2 N–H and O–H groups in total. The monoisotopic (exact) mass is 616 g/mol. The first-order valence-electron chi connectivity index (χ1n) is 11.8. The molecule has 1 aromatic heterocycles. The molecule has 5 rings (SSSR count). The number of ether oxygens (including phenoxy) is 1. The summed E-state index contributed by atoms with van der Waals surface area (Å²) in [5, 5.41) is 16.2. The molecule has 0 fully saturated rings. The number of nitro groups is 1. The first-order valence-corrected chi connectivity index (χ1v) is 12.9. The Labute approximate surface area is 240 Å². The van der Waals surface area contributed by atoms with Crippen molar-refractivity contribution in [3.8, 4) is 16.9 Å². The predicted molar refractivity (Wildman–Crippen MR) is 156 cm³/mol. The molecule has 0 atom stereocenters. The fourth-order valence-electron chi connectivity index (χ4n) is 4.05. The number of aromatic nitrogens is 1. The molecule has 0 spiro atoms. The molecule has 0 saturated carbocycles. The lowest BCUT2D eigenvalue weighted by Crippen LogP contribution is -2.19. The highest BCUT2D eigenvalue weighted by Crippen LogP contribution is 2.37. The van der Waals surface area contributed by atoms with Gasteiger partial charge in [-0.3, -0.25) is 14.9 Å². The quantitative estimate of drug-likeness (QED) is 0.0660. The van der Waals surface area contributed by atoms with Gasteiger partial charge in [-0.1, -0.05) is 57.9 Å². The molecule has 0 aliphatic rings. The Morgan fingerprint density at radius 2 is 1.73 bits per heavy atom. The number of nitro benzene ring substituents is 1. The van der Waals surface area contributed by atoms with Gasteiger partial charge in [0.15, 0.2) is 0 Å². The van der Waals surface area contributed by atoms with Gasteiger partial charge in [0.2, 0.25) is 0 Å². The number of nitrogens with one attached hydrogen (secondary N) is 2. The molecule has 1 heterocycles. The van der Waals surface area contributed by atoms with Crippen molar-refractivity contribution >= 4 is 62.2 Å². The van der Waals surface area contributed by atoms with Crippen molar-refractivity contribution in [1.29, 1.82) is 0 Å². The van der Waals surface area contributed by atoms with Crippen LogP contribution in [0.2, 0.25) is 5.02 Å². The second-order valence-electron chi connectivity index (χ2n) is 8.48. The van der Waals surface area contributed by atoms with E-state index in [4.69, 9.17) is 16.3 Å². The Balaban J connectivity index is 1.38. The van der Waals surface area contributed by atoms with Crippen LogP contribution in [0.1, 0.15) is 26.4 Å². The molecule has 11 heteroatoms. The Morgan fingerprint density at radius 1 is 1.00 bits per heavy atom. The first-order chi connectivity index (χ1) is 19.3. The summed E-state index contributed by atoms with van der Waals surface area (Å²) >= 11 is 9.97. The van der Waals surface area contributed by atoms with Gasteiger partial charge in [-0.05, 0) is 48.5 Å². The van der Waals surface area contributed by atoms with Crippen LogP contribution in [0.3, 0.4) is 0 Å². The van der Waals surface area contributed by atoms with Crippen molar-refractivity contribution in [2.45, 2.75) is 0 Å². The minimum Gasteiger partial charge on any atom is -0.422 e. The van der Waals surface area contributed by atoms with Crippen LogP contribution >= 0.6 is 27.5 Å². The van der Waals surface area contributed by atoms with E-state index in [1.807, 2.05) is 36.4 Å². The maximum Gasteiger partial charge on any atom is 0.343 e. The summed E-state index contributed by atoms with van der Waals surface area (Å²) < 4.78 is 6.32. The molecule has 5 aromatic rings. The number of H-pyrrole nitrogens is 1. The lowest BCUT2D eigenvalue weighted by molar-refractivity contribution is -0.384. The molecule has 0 bridgehead atoms. The van der Waals surface area contributed by atoms with Crippen molar-refractivity contribution in [2.24, 2.45) is 5.10 Å². The first kappa shape index (κ1) is 26.8. The SMILES string of the molecule is O=C(Oc1ccccc1C=NNC(=O)c1[nH]c2ccc(Br)cc2c1-c1ccccc1Cl)c1ccc([N+](=O)[O-])cc1. The van der Waals surface area contributed by atoms with Gasteiger partial charge in [0, 0.05) is 49.2 Å². The molecule has 9 nitrogen and oxygen atoms in total. The van der Waals surface area contributed by atoms with E-state index in [0.29, 0.717) is 21.7 Å². The Morgan fingerprint density at radius 3 is 2.48 bits per heavy atom. The summed E-state index contributed by atoms with van der Waals surface area (Å²) in [5.41, 5.74) is 5.28. The van der Waals surface area contributed by atoms with E-state index in [1.165, 1.54) is 30.5 Å². The minimum absolute atomic E-state index is 0.139. The number of aromatic amines is 1. The smallest absolute Gasteiger partial charge is 0.343 e. The summed E-state index contributed by atoms with van der Waals surface area (Å²) in [7, 11) is 0. The van der Waals surface area contributed by atoms with Crippen molar-refractivity contribution in [3.05, 3.63) is 127 Å². The zero-order valence-electron chi connectivity index (χ0n) is 20.4. The number of fused-ring (bicyclic) bond motifs is 1. The van der Waals surface area contributed by atoms with Crippen LogP contribution in [0.25, 0.3) is 22.0 Å². The minimum atomic E-state index is -0.701. The van der Waals surface area contributed by atoms with Gasteiger partial charge in [0.1, 0.15) is 11.4 Å². The molecule has 0 unspecified atom stereocenters. The number of hydrazone groups is 1. The Hall–Kier alpha value is -4.80. The molecule has 0 aliphatic carbocycles. The number of halogens is 2. The highest BCUT2D eigenvalue weighted by molar-refractivity contribution is 9.10. The number of esters is 1. The van der Waals surface area contributed by atoms with Gasteiger partial charge >= 0.3 is 5.97 Å². The number of carbonyl (C=O) groups is 2. The molecule has 0 aliphatic heterocycles. The van der Waals surface area contributed by atoms with Crippen LogP contribution in [0, 0.1) is 10.1 Å². The van der Waals surface area contributed by atoms with Crippen LogP contribution in [-0.2, 0) is 0 Å². The van der Waals surface area contributed by atoms with Crippen LogP contribution in [0.4, 0.5) is 5.69 Å². The van der Waals surface area contributed by atoms with Crippen molar-refractivity contribution in [1.82, 2.24) is 10.4 Å². The van der Waals surface area contributed by atoms with Crippen molar-refractivity contribution in [3.63, 3.8) is 0 Å². The zero-order chi connectivity index (χ0) is 28.2. The fourth-order valence-corrected chi connectivity index (χ4v) is 4.64. The predicted octanol–water partition coefficient (Wildman–Crippen LogP) is 7.14. The number of non-ortho nitro benzene ring substituents is 1. The topological polar surface area (TPSA) is 127 Å². The van der Waals surface area contributed by atoms with Crippen LogP contribution < -0.4 is 10.2 Å². The Kier molecular flexibility index (Phi) is 7.72. The molecule has 1 amide bonds. The molecule has 4 aromatic carbocycles. The van der Waals surface area contributed by atoms with E-state index in [-0.39, 0.29) is 22.7 Å². The van der Waals surface area contributed by atoms with Gasteiger partial charge < -0.3 is 9.72 Å². The molecular formula is C29H18BrClN4O5. The van der Waals surface area contributed by atoms with E-state index >= 15 is 0 Å². The average Bonchev–Trinajstić information content (AvgIpc) is 3.32. The maximum absolute atomic E-state index is 13.3. The second-order valence-corrected chi connectivity index (χ2v) is 9.80. The van der Waals surface area contributed by atoms with Crippen LogP contribution in [-0.4, -0.2) is 28.0 Å². The number of para-hydroxylation sites is 1. The number of amides is 1. The highest BCUT2D eigenvalue weighted by Gasteiger charge is 2.21. The molecular weight excluding hydrogens is 600 g/mol. The third-order valence-electron chi connectivity index (χ3n) is 5.94. The standard InChI is InChI=1S/C29H18BrClN4O5/c30-19-11-14-24-22(15-19)26(21-6-2-3-7-23(21)31)27(33-24)28(36)34-32-16-18-5-1-4-8-25(18)40-29(37)17-9-12-20(13-10-17)35(38)39/h1-16,33H,(H,34,36). The average molecular weight is 618 g/mol. The van der Waals surface area contributed by atoms with Crippen molar-refractivity contribution in [2.75, 3.05) is 0 Å². The summed E-state index contributed by atoms with van der Waals surface area (Å²) in [6, 6.07) is 24.5. The molecule has 0 radical (unpaired) electrons. The number of hydrogen-bond donors (Lipinski definition) is 2. The summed E-state index contributed by atoms with van der Waals surface area (Å²) in [6.45, 7) is 0. The summed E-state index contributed by atoms with van der Waals surface area (Å²) in [4.78, 5) is 39.3. The number of carbonyl (C=O) groups excluding carboxylic acids is 2. The van der Waals surface area contributed by atoms with Gasteiger partial charge in [-0.15, -0.1) is 0 Å².